The van der Waals surface area contributed by atoms with E-state index in [0.29, 0.717) is 48.1 Å². The number of likely N-dealkylation sites (tertiary alicyclic amines) is 2. The highest BCUT2D eigenvalue weighted by atomic mass is 16.5. The predicted molar refractivity (Wildman–Crippen MR) is 203 cm³/mol. The molecule has 0 radical (unpaired) electrons. The van der Waals surface area contributed by atoms with E-state index in [1.54, 1.807) is 33.0 Å². The highest BCUT2D eigenvalue weighted by Gasteiger charge is 2.39. The van der Waals surface area contributed by atoms with Gasteiger partial charge in [0.25, 0.3) is 5.56 Å². The first-order valence-corrected chi connectivity index (χ1v) is 18.6. The fourth-order valence-corrected chi connectivity index (χ4v) is 7.35. The number of carbonyl (C=O) groups excluding carboxylic acids is 4. The molecule has 4 unspecified atom stereocenters. The summed E-state index contributed by atoms with van der Waals surface area (Å²) >= 11 is 0. The van der Waals surface area contributed by atoms with Crippen LogP contribution in [0.1, 0.15) is 77.1 Å². The Morgan fingerprint density at radius 3 is 1.64 bits per heavy atom. The average molecular weight is 756 g/mol. The number of nitrogens with one attached hydrogen (secondary N) is 4. The van der Waals surface area contributed by atoms with Crippen LogP contribution >= 0.6 is 0 Å². The van der Waals surface area contributed by atoms with Crippen LogP contribution in [0.3, 0.4) is 0 Å². The summed E-state index contributed by atoms with van der Waals surface area (Å²) in [5, 5.41) is 5.33. The second-order valence-corrected chi connectivity index (χ2v) is 14.6. The summed E-state index contributed by atoms with van der Waals surface area (Å²) in [5.41, 5.74) is 3.39. The summed E-state index contributed by atoms with van der Waals surface area (Å²) in [6, 6.07) is 8.89. The zero-order valence-corrected chi connectivity index (χ0v) is 32.0. The van der Waals surface area contributed by atoms with Crippen LogP contribution in [0.15, 0.2) is 59.8 Å². The molecule has 4 amide bonds. The van der Waals surface area contributed by atoms with E-state index in [4.69, 9.17) is 9.47 Å². The molecule has 2 saturated heterocycles. The van der Waals surface area contributed by atoms with Gasteiger partial charge in [-0.1, -0.05) is 39.8 Å². The van der Waals surface area contributed by atoms with E-state index in [1.807, 2.05) is 58.0 Å². The molecule has 16 nitrogen and oxygen atoms in total. The molecule has 2 aliphatic rings. The number of amides is 4. The third-order valence-electron chi connectivity index (χ3n) is 10.4. The molecule has 0 bridgehead atoms. The van der Waals surface area contributed by atoms with Crippen molar-refractivity contribution in [2.45, 2.75) is 77.5 Å². The predicted octanol–water partition coefficient (Wildman–Crippen LogP) is 4.71. The lowest BCUT2D eigenvalue weighted by Crippen LogP contribution is -2.51. The Morgan fingerprint density at radius 2 is 1.20 bits per heavy atom. The Bertz CT molecular complexity index is 2070. The number of rotatable bonds is 11. The second-order valence-electron chi connectivity index (χ2n) is 14.6. The lowest BCUT2D eigenvalue weighted by atomic mass is 10.0. The smallest absolute Gasteiger partial charge is 0.407 e. The monoisotopic (exact) mass is 755 g/mol. The normalized spacial score (nSPS) is 18.0. The fraction of sp³-hybridized carbons (Fsp3) is 0.462. The van der Waals surface area contributed by atoms with Crippen LogP contribution in [0.4, 0.5) is 9.59 Å². The Kier molecular flexibility index (Phi) is 11.7. The molecule has 292 valence electrons. The van der Waals surface area contributed by atoms with Gasteiger partial charge in [0.2, 0.25) is 11.8 Å². The van der Waals surface area contributed by atoms with Crippen LogP contribution in [0.25, 0.3) is 28.2 Å². The van der Waals surface area contributed by atoms with Gasteiger partial charge in [0.15, 0.2) is 0 Å². The van der Waals surface area contributed by atoms with E-state index in [2.05, 4.69) is 30.6 Å². The third-order valence-corrected chi connectivity index (χ3v) is 10.4. The summed E-state index contributed by atoms with van der Waals surface area (Å²) in [7, 11) is 2.54. The van der Waals surface area contributed by atoms with Crippen molar-refractivity contribution in [3.05, 3.63) is 77.0 Å². The quantitative estimate of drug-likeness (QED) is 0.168. The van der Waals surface area contributed by atoms with E-state index < -0.39 is 24.3 Å². The molecule has 16 heteroatoms. The van der Waals surface area contributed by atoms with Crippen LogP contribution in [0.5, 0.6) is 0 Å². The highest BCUT2D eigenvalue weighted by Crippen LogP contribution is 2.34. The average Bonchev–Trinajstić information content (AvgIpc) is 4.02. The molecule has 0 aliphatic carbocycles. The summed E-state index contributed by atoms with van der Waals surface area (Å²) in [6.45, 7) is 8.60. The number of H-pyrrole nitrogens is 2. The van der Waals surface area contributed by atoms with E-state index in [1.165, 1.54) is 20.3 Å². The third kappa shape index (κ3) is 8.27. The number of alkyl carbamates (subject to hydrolysis) is 2. The molecule has 2 aliphatic heterocycles. The van der Waals surface area contributed by atoms with Crippen molar-refractivity contribution >= 4 is 24.0 Å². The maximum atomic E-state index is 13.5. The summed E-state index contributed by atoms with van der Waals surface area (Å²) in [6.07, 6.45) is 6.88. The lowest BCUT2D eigenvalue weighted by molar-refractivity contribution is -0.136. The number of pyridine rings is 1. The molecule has 6 rings (SSSR count). The van der Waals surface area contributed by atoms with Gasteiger partial charge in [-0.15, -0.1) is 0 Å². The van der Waals surface area contributed by atoms with Crippen molar-refractivity contribution in [3.8, 4) is 28.2 Å². The van der Waals surface area contributed by atoms with Gasteiger partial charge in [-0.2, -0.15) is 0 Å². The van der Waals surface area contributed by atoms with Gasteiger partial charge in [0, 0.05) is 36.6 Å². The lowest BCUT2D eigenvalue weighted by Gasteiger charge is -2.30. The molecular weight excluding hydrogens is 706 g/mol. The van der Waals surface area contributed by atoms with E-state index >= 15 is 0 Å². The highest BCUT2D eigenvalue weighted by molar-refractivity contribution is 5.87. The minimum absolute atomic E-state index is 0.130. The molecule has 1 aromatic carbocycles. The van der Waals surface area contributed by atoms with Crippen molar-refractivity contribution in [1.29, 1.82) is 0 Å². The van der Waals surface area contributed by atoms with Gasteiger partial charge in [-0.05, 0) is 61.3 Å². The second kappa shape index (κ2) is 16.6. The SMILES string of the molecule is COC(=O)NC(C(=O)N1CCCC1c1ncc(-c2ccc(-n3ccc(-c4cnc(C5CCCN5C(=O)C(NC(=O)OC)C(C)C)[nH]4)cc3=O)cc2)[nH]1)C(C)C. The largest absolute Gasteiger partial charge is 0.453 e. The number of ether oxygens (including phenoxy) is 2. The molecule has 4 N–H and O–H groups in total. The first-order valence-electron chi connectivity index (χ1n) is 18.6. The molecule has 0 spiro atoms. The zero-order chi connectivity index (χ0) is 39.4. The minimum atomic E-state index is -0.733. The summed E-state index contributed by atoms with van der Waals surface area (Å²) < 4.78 is 11.0. The zero-order valence-electron chi connectivity index (χ0n) is 32.0. The maximum Gasteiger partial charge on any atom is 0.407 e. The Labute approximate surface area is 319 Å². The number of nitrogens with zero attached hydrogens (tertiary/aromatic N) is 5. The van der Waals surface area contributed by atoms with Crippen molar-refractivity contribution in [3.63, 3.8) is 0 Å². The van der Waals surface area contributed by atoms with Crippen molar-refractivity contribution in [2.75, 3.05) is 27.3 Å². The molecule has 4 atom stereocenters. The number of imidazole rings is 2. The number of hydrogen-bond donors (Lipinski definition) is 4. The number of hydrogen-bond acceptors (Lipinski definition) is 9. The van der Waals surface area contributed by atoms with Crippen LogP contribution in [-0.2, 0) is 19.1 Å². The Morgan fingerprint density at radius 1 is 0.727 bits per heavy atom. The van der Waals surface area contributed by atoms with Gasteiger partial charge < -0.3 is 39.9 Å². The van der Waals surface area contributed by atoms with Crippen molar-refractivity contribution in [1.82, 2.24) is 44.9 Å². The topological polar surface area (TPSA) is 197 Å². The molecule has 5 heterocycles. The van der Waals surface area contributed by atoms with E-state index in [9.17, 15) is 24.0 Å². The Balaban J connectivity index is 1.13. The van der Waals surface area contributed by atoms with Gasteiger partial charge >= 0.3 is 12.2 Å². The van der Waals surface area contributed by atoms with Crippen LogP contribution in [0.2, 0.25) is 0 Å². The number of carbonyl (C=O) groups is 4. The van der Waals surface area contributed by atoms with Gasteiger partial charge in [0.1, 0.15) is 23.7 Å². The Hall–Kier alpha value is -5.93. The van der Waals surface area contributed by atoms with Crippen molar-refractivity contribution < 1.29 is 28.7 Å². The van der Waals surface area contributed by atoms with Crippen LogP contribution < -0.4 is 16.2 Å². The van der Waals surface area contributed by atoms with E-state index in [-0.39, 0.29) is 41.3 Å². The van der Waals surface area contributed by atoms with Crippen LogP contribution in [0, 0.1) is 11.8 Å². The number of aromatic amines is 2. The number of aromatic nitrogens is 5. The molecule has 55 heavy (non-hydrogen) atoms. The number of methoxy groups -OCH3 is 2. The summed E-state index contributed by atoms with van der Waals surface area (Å²) in [4.78, 5) is 83.7. The van der Waals surface area contributed by atoms with Gasteiger partial charge in [-0.3, -0.25) is 19.0 Å². The molecular formula is C39H49N9O7. The van der Waals surface area contributed by atoms with Crippen molar-refractivity contribution in [2.24, 2.45) is 11.8 Å². The van der Waals surface area contributed by atoms with Gasteiger partial charge in [-0.25, -0.2) is 19.6 Å². The van der Waals surface area contributed by atoms with Gasteiger partial charge in [0.05, 0.1) is 50.1 Å². The number of benzene rings is 1. The standard InChI is InChI=1S/C39H49N9O7/c1-22(2)32(44-38(52)54-5)36(50)47-16-7-9-29(47)34-40-20-27(42-34)24-11-13-26(14-12-24)46-18-15-25(19-31(46)49)28-21-41-35(43-28)30-10-8-17-48(30)37(51)33(23(3)4)45-39(53)55-6/h11-15,18-23,29-30,32-33H,7-10,16-17H2,1-6H3,(H,40,42)(H,41,43)(H,44,52)(H,45,53). The molecule has 3 aromatic heterocycles. The molecule has 4 aromatic rings. The molecule has 0 saturated carbocycles. The first-order chi connectivity index (χ1) is 26.4. The molecule has 2 fully saturated rings. The minimum Gasteiger partial charge on any atom is -0.453 e. The van der Waals surface area contributed by atoms with Crippen LogP contribution in [-0.4, -0.2) is 97.7 Å². The maximum absolute atomic E-state index is 13.5. The fourth-order valence-electron chi connectivity index (χ4n) is 7.35. The first kappa shape index (κ1) is 38.8. The van der Waals surface area contributed by atoms with E-state index in [0.717, 1.165) is 30.5 Å². The summed E-state index contributed by atoms with van der Waals surface area (Å²) in [5.74, 6) is 0.646.